The van der Waals surface area contributed by atoms with E-state index in [1.54, 1.807) is 6.07 Å². The van der Waals surface area contributed by atoms with Crippen LogP contribution in [0.3, 0.4) is 0 Å². The van der Waals surface area contributed by atoms with Crippen molar-refractivity contribution in [3.63, 3.8) is 0 Å². The Morgan fingerprint density at radius 3 is 2.21 bits per heavy atom. The van der Waals surface area contributed by atoms with Gasteiger partial charge in [0, 0.05) is 0 Å². The topological polar surface area (TPSA) is 12.9 Å². The molecule has 0 fully saturated rings. The summed E-state index contributed by atoms with van der Waals surface area (Å²) in [6, 6.07) is 15.8. The predicted octanol–water partition coefficient (Wildman–Crippen LogP) is -0.828. The molecule has 0 saturated carbocycles. The summed E-state index contributed by atoms with van der Waals surface area (Å²) < 4.78 is 0. The molecule has 1 aromatic heterocycles. The first-order chi connectivity index (χ1) is 5.97. The zero-order chi connectivity index (χ0) is 8.23. The van der Waals surface area contributed by atoms with Crippen molar-refractivity contribution in [2.75, 3.05) is 0 Å². The quantitative estimate of drug-likeness (QED) is 0.446. The second-order valence-electron chi connectivity index (χ2n) is 2.52. The van der Waals surface area contributed by atoms with Gasteiger partial charge in [-0.15, -0.1) is 6.07 Å². The maximum atomic E-state index is 4.12. The van der Waals surface area contributed by atoms with Gasteiger partial charge in [0.25, 0.3) is 0 Å². The Morgan fingerprint density at radius 2 is 1.64 bits per heavy atom. The van der Waals surface area contributed by atoms with Gasteiger partial charge in [0.1, 0.15) is 0 Å². The molecule has 0 N–H and O–H groups in total. The third kappa shape index (κ3) is 3.29. The molecule has 0 aliphatic rings. The van der Waals surface area contributed by atoms with Crippen molar-refractivity contribution in [3.8, 4) is 11.3 Å². The van der Waals surface area contributed by atoms with Crippen LogP contribution in [0.25, 0.3) is 11.3 Å². The van der Waals surface area contributed by atoms with Gasteiger partial charge in [0.05, 0.1) is 0 Å². The van der Waals surface area contributed by atoms with E-state index in [0.717, 1.165) is 11.3 Å². The zero-order valence-corrected chi connectivity index (χ0v) is 9.82. The molecule has 1 heterocycles. The van der Waals surface area contributed by atoms with Crippen molar-refractivity contribution in [1.82, 2.24) is 4.98 Å². The van der Waals surface area contributed by atoms with Crippen molar-refractivity contribution in [2.45, 2.75) is 0 Å². The summed E-state index contributed by atoms with van der Waals surface area (Å²) in [5, 5.41) is 0. The molecule has 0 saturated heterocycles. The van der Waals surface area contributed by atoms with Crippen LogP contribution in [0.1, 0.15) is 0 Å². The Kier molecular flexibility index (Phi) is 6.54. The minimum Gasteiger partial charge on any atom is -1.00 e. The van der Waals surface area contributed by atoms with Gasteiger partial charge in [0.15, 0.2) is 0 Å². The summed E-state index contributed by atoms with van der Waals surface area (Å²) in [6.07, 6.45) is 2.81. The summed E-state index contributed by atoms with van der Waals surface area (Å²) in [5.41, 5.74) is 2.10. The van der Waals surface area contributed by atoms with E-state index in [-0.39, 0.29) is 35.5 Å². The molecular weight excluding hydrogens is 206 g/mol. The van der Waals surface area contributed by atoms with Crippen molar-refractivity contribution in [1.29, 1.82) is 0 Å². The predicted molar refractivity (Wildman–Crippen MR) is 54.3 cm³/mol. The minimum absolute atomic E-state index is 0. The number of benzene rings is 1. The molecule has 0 atom stereocenters. The van der Waals surface area contributed by atoms with Crippen LogP contribution in [-0.4, -0.2) is 28.0 Å². The summed E-state index contributed by atoms with van der Waals surface area (Å²) in [5.74, 6) is 0. The first-order valence-electron chi connectivity index (χ1n) is 3.85. The van der Waals surface area contributed by atoms with E-state index in [2.05, 4.69) is 11.2 Å². The van der Waals surface area contributed by atoms with E-state index >= 15 is 0 Å². The van der Waals surface area contributed by atoms with E-state index < -0.39 is 0 Å². The standard InChI is InChI=1S/C11H8N.ClH.Mg/c1-2-6-10(7-3-1)11-8-4-5-9-12-11;;/h1-8H;1H;/q-1;;+2/p-1. The van der Waals surface area contributed by atoms with Crippen LogP contribution in [0, 0.1) is 6.20 Å². The van der Waals surface area contributed by atoms with Crippen molar-refractivity contribution >= 4 is 23.1 Å². The Bertz CT molecular complexity index is 313. The van der Waals surface area contributed by atoms with Gasteiger partial charge in [-0.25, -0.2) is 0 Å². The average molecular weight is 214 g/mol. The van der Waals surface area contributed by atoms with Crippen molar-refractivity contribution in [3.05, 3.63) is 54.7 Å². The normalized spacial score (nSPS) is 8.29. The number of aromatic nitrogens is 1. The van der Waals surface area contributed by atoms with E-state index in [1.807, 2.05) is 42.5 Å². The minimum atomic E-state index is 0. The average Bonchev–Trinajstić information content (AvgIpc) is 2.21. The number of nitrogens with zero attached hydrogens (tertiary/aromatic N) is 1. The third-order valence-electron chi connectivity index (χ3n) is 1.68. The Morgan fingerprint density at radius 1 is 0.929 bits per heavy atom. The van der Waals surface area contributed by atoms with Crippen LogP contribution in [0.15, 0.2) is 48.5 Å². The maximum Gasteiger partial charge on any atom is 2.00 e. The van der Waals surface area contributed by atoms with E-state index in [9.17, 15) is 0 Å². The Balaban J connectivity index is 0.000000845. The first-order valence-corrected chi connectivity index (χ1v) is 3.85. The van der Waals surface area contributed by atoms with Crippen LogP contribution < -0.4 is 12.4 Å². The molecule has 0 bridgehead atoms. The molecule has 1 aromatic carbocycles. The van der Waals surface area contributed by atoms with Gasteiger partial charge < -0.3 is 17.4 Å². The van der Waals surface area contributed by atoms with Crippen LogP contribution in [-0.2, 0) is 0 Å². The molecule has 14 heavy (non-hydrogen) atoms. The molecule has 0 radical (unpaired) electrons. The Hall–Kier alpha value is -0.574. The molecule has 0 spiro atoms. The number of hydrogen-bond donors (Lipinski definition) is 0. The summed E-state index contributed by atoms with van der Waals surface area (Å²) in [4.78, 5) is 4.12. The van der Waals surface area contributed by atoms with Crippen LogP contribution in [0.5, 0.6) is 0 Å². The smallest absolute Gasteiger partial charge is 1.00 e. The fraction of sp³-hybridized carbons (Fsp3) is 0. The Labute approximate surface area is 106 Å². The summed E-state index contributed by atoms with van der Waals surface area (Å²) in [6.45, 7) is 0. The summed E-state index contributed by atoms with van der Waals surface area (Å²) in [7, 11) is 0. The molecule has 0 unspecified atom stereocenters. The number of pyridine rings is 1. The molecule has 2 rings (SSSR count). The SMILES string of the molecule is [Cl-].[Mg+2].[c-]1cccc(-c2ccccc2)n1. The van der Waals surface area contributed by atoms with Crippen LogP contribution >= 0.6 is 0 Å². The molecule has 1 nitrogen and oxygen atoms in total. The molecule has 0 aliphatic heterocycles. The van der Waals surface area contributed by atoms with Gasteiger partial charge in [-0.2, -0.15) is 12.1 Å². The van der Waals surface area contributed by atoms with E-state index in [4.69, 9.17) is 0 Å². The van der Waals surface area contributed by atoms with Gasteiger partial charge >= 0.3 is 23.1 Å². The third-order valence-corrected chi connectivity index (χ3v) is 1.68. The van der Waals surface area contributed by atoms with Crippen LogP contribution in [0.2, 0.25) is 0 Å². The van der Waals surface area contributed by atoms with Gasteiger partial charge in [-0.3, -0.25) is 0 Å². The van der Waals surface area contributed by atoms with Crippen LogP contribution in [0.4, 0.5) is 0 Å². The molecule has 66 valence electrons. The largest absolute Gasteiger partial charge is 2.00 e. The van der Waals surface area contributed by atoms with E-state index in [0.29, 0.717) is 0 Å². The summed E-state index contributed by atoms with van der Waals surface area (Å²) >= 11 is 0. The molecule has 0 amide bonds. The second kappa shape index (κ2) is 6.82. The monoisotopic (exact) mass is 213 g/mol. The molecule has 2 aromatic rings. The maximum absolute atomic E-state index is 4.12. The number of halogens is 1. The fourth-order valence-corrected chi connectivity index (χ4v) is 1.10. The first kappa shape index (κ1) is 13.4. The van der Waals surface area contributed by atoms with Gasteiger partial charge in [-0.1, -0.05) is 42.1 Å². The number of rotatable bonds is 1. The molecule has 3 heteroatoms. The second-order valence-corrected chi connectivity index (χ2v) is 2.52. The van der Waals surface area contributed by atoms with Gasteiger partial charge in [-0.05, 0) is 5.69 Å². The fourth-order valence-electron chi connectivity index (χ4n) is 1.10. The van der Waals surface area contributed by atoms with Crippen molar-refractivity contribution < 1.29 is 12.4 Å². The van der Waals surface area contributed by atoms with Crippen molar-refractivity contribution in [2.24, 2.45) is 0 Å². The number of hydrogen-bond acceptors (Lipinski definition) is 1. The van der Waals surface area contributed by atoms with Gasteiger partial charge in [0.2, 0.25) is 0 Å². The zero-order valence-electron chi connectivity index (χ0n) is 7.65. The molecule has 0 aliphatic carbocycles. The molecular formula is C11H8ClMgN. The van der Waals surface area contributed by atoms with E-state index in [1.165, 1.54) is 0 Å².